The predicted octanol–water partition coefficient (Wildman–Crippen LogP) is 2.49. The van der Waals surface area contributed by atoms with Crippen LogP contribution in [0.25, 0.3) is 0 Å². The van der Waals surface area contributed by atoms with Crippen molar-refractivity contribution in [3.05, 3.63) is 41.5 Å². The summed E-state index contributed by atoms with van der Waals surface area (Å²) in [4.78, 5) is 13.6. The van der Waals surface area contributed by atoms with Gasteiger partial charge in [0.25, 0.3) is 0 Å². The van der Waals surface area contributed by atoms with E-state index < -0.39 is 11.4 Å². The molecule has 0 aromatic heterocycles. The van der Waals surface area contributed by atoms with E-state index in [4.69, 9.17) is 0 Å². The lowest BCUT2D eigenvalue weighted by Crippen LogP contribution is -2.42. The van der Waals surface area contributed by atoms with Gasteiger partial charge in [0.1, 0.15) is 5.41 Å². The zero-order valence-corrected chi connectivity index (χ0v) is 11.2. The molecule has 0 fully saturated rings. The number of benzene rings is 1. The van der Waals surface area contributed by atoms with Gasteiger partial charge in [0, 0.05) is 24.3 Å². The smallest absolute Gasteiger partial charge is 0.335 e. The summed E-state index contributed by atoms with van der Waals surface area (Å²) in [7, 11) is 0. The first-order valence-corrected chi connectivity index (χ1v) is 6.82. The second-order valence-corrected chi connectivity index (χ2v) is 5.46. The summed E-state index contributed by atoms with van der Waals surface area (Å²) in [5.74, 6) is -0.942. The van der Waals surface area contributed by atoms with Crippen LogP contribution in [-0.2, 0) is 11.8 Å². The van der Waals surface area contributed by atoms with Crippen LogP contribution >= 0.6 is 0 Å². The second kappa shape index (κ2) is 4.38. The van der Waals surface area contributed by atoms with Gasteiger partial charge in [-0.25, -0.2) is 4.79 Å². The predicted molar refractivity (Wildman–Crippen MR) is 76.0 cm³/mol. The molecular formula is C16H16N2O2. The third-order valence-electron chi connectivity index (χ3n) is 4.43. The first-order chi connectivity index (χ1) is 9.61. The summed E-state index contributed by atoms with van der Waals surface area (Å²) in [5, 5.41) is 18.9. The van der Waals surface area contributed by atoms with Gasteiger partial charge in [0.2, 0.25) is 0 Å². The Kier molecular flexibility index (Phi) is 2.79. The molecule has 1 atom stereocenters. The molecule has 1 unspecified atom stereocenters. The van der Waals surface area contributed by atoms with Crippen LogP contribution in [-0.4, -0.2) is 24.2 Å². The van der Waals surface area contributed by atoms with Crippen LogP contribution in [0.15, 0.2) is 24.8 Å². The molecule has 0 aliphatic carbocycles. The maximum Gasteiger partial charge on any atom is 0.335 e. The minimum absolute atomic E-state index is 0.268. The van der Waals surface area contributed by atoms with E-state index in [9.17, 15) is 15.2 Å². The molecule has 102 valence electrons. The number of nitriles is 1. The fourth-order valence-corrected chi connectivity index (χ4v) is 3.34. The molecule has 2 heterocycles. The number of rotatable bonds is 2. The highest BCUT2D eigenvalue weighted by molar-refractivity contribution is 5.90. The summed E-state index contributed by atoms with van der Waals surface area (Å²) < 4.78 is 0. The van der Waals surface area contributed by atoms with Crippen LogP contribution in [0.2, 0.25) is 0 Å². The van der Waals surface area contributed by atoms with Crippen molar-refractivity contribution in [1.82, 2.24) is 0 Å². The van der Waals surface area contributed by atoms with Gasteiger partial charge in [-0.15, -0.1) is 6.58 Å². The van der Waals surface area contributed by atoms with E-state index in [-0.39, 0.29) is 5.56 Å². The zero-order chi connectivity index (χ0) is 14.3. The van der Waals surface area contributed by atoms with E-state index in [2.05, 4.69) is 17.5 Å². The highest BCUT2D eigenvalue weighted by Gasteiger charge is 2.39. The van der Waals surface area contributed by atoms with Gasteiger partial charge in [-0.1, -0.05) is 6.08 Å². The molecule has 0 saturated heterocycles. The number of carboxylic acids is 1. The Bertz CT molecular complexity index is 645. The fraction of sp³-hybridized carbons (Fsp3) is 0.375. The molecule has 2 aliphatic heterocycles. The van der Waals surface area contributed by atoms with E-state index in [0.29, 0.717) is 6.42 Å². The lowest BCUT2D eigenvalue weighted by atomic mass is 9.73. The molecule has 4 nitrogen and oxygen atoms in total. The number of aryl methyl sites for hydroxylation is 1. The number of hydrogen-bond acceptors (Lipinski definition) is 3. The molecule has 0 radical (unpaired) electrons. The van der Waals surface area contributed by atoms with Crippen molar-refractivity contribution in [2.75, 3.05) is 18.0 Å². The number of aromatic carboxylic acids is 1. The lowest BCUT2D eigenvalue weighted by molar-refractivity contribution is 0.0696. The third kappa shape index (κ3) is 1.63. The van der Waals surface area contributed by atoms with Crippen LogP contribution in [0.1, 0.15) is 34.3 Å². The van der Waals surface area contributed by atoms with E-state index in [1.807, 2.05) is 0 Å². The monoisotopic (exact) mass is 268 g/mol. The van der Waals surface area contributed by atoms with Crippen LogP contribution in [0.4, 0.5) is 5.69 Å². The summed E-state index contributed by atoms with van der Waals surface area (Å²) in [6.45, 7) is 5.61. The topological polar surface area (TPSA) is 64.3 Å². The van der Waals surface area contributed by atoms with Crippen molar-refractivity contribution in [1.29, 1.82) is 5.26 Å². The zero-order valence-electron chi connectivity index (χ0n) is 11.2. The Morgan fingerprint density at radius 2 is 2.30 bits per heavy atom. The summed E-state index contributed by atoms with van der Waals surface area (Å²) >= 11 is 0. The maximum absolute atomic E-state index is 11.3. The lowest BCUT2D eigenvalue weighted by Gasteiger charge is -2.42. The summed E-state index contributed by atoms with van der Waals surface area (Å²) in [6.07, 6.45) is 4.24. The highest BCUT2D eigenvalue weighted by Crippen LogP contribution is 2.45. The third-order valence-corrected chi connectivity index (χ3v) is 4.43. The van der Waals surface area contributed by atoms with Gasteiger partial charge < -0.3 is 10.0 Å². The number of carboxylic acid groups (broad SMARTS) is 1. The fourth-order valence-electron chi connectivity index (χ4n) is 3.34. The van der Waals surface area contributed by atoms with Crippen molar-refractivity contribution in [3.63, 3.8) is 0 Å². The van der Waals surface area contributed by atoms with Gasteiger partial charge in [0.15, 0.2) is 0 Å². The Hall–Kier alpha value is -2.28. The van der Waals surface area contributed by atoms with Gasteiger partial charge in [-0.05, 0) is 37.0 Å². The van der Waals surface area contributed by atoms with E-state index in [0.717, 1.165) is 42.7 Å². The molecule has 1 N–H and O–H groups in total. The van der Waals surface area contributed by atoms with E-state index in [1.165, 1.54) is 0 Å². The van der Waals surface area contributed by atoms with Gasteiger partial charge in [-0.3, -0.25) is 0 Å². The molecule has 4 heteroatoms. The van der Waals surface area contributed by atoms with E-state index >= 15 is 0 Å². The molecule has 1 aromatic rings. The molecular weight excluding hydrogens is 252 g/mol. The maximum atomic E-state index is 11.3. The normalized spacial score (nSPS) is 23.6. The SMILES string of the molecule is C=CC1(C#N)CCN2CCCc3cc(C(=O)O)cc1c32. The van der Waals surface area contributed by atoms with Crippen LogP contribution in [0.3, 0.4) is 0 Å². The van der Waals surface area contributed by atoms with Crippen molar-refractivity contribution in [3.8, 4) is 6.07 Å². The quantitative estimate of drug-likeness (QED) is 0.837. The summed E-state index contributed by atoms with van der Waals surface area (Å²) in [5.41, 5.74) is 2.43. The Morgan fingerprint density at radius 1 is 1.50 bits per heavy atom. The van der Waals surface area contributed by atoms with Gasteiger partial charge >= 0.3 is 5.97 Å². The number of nitrogens with zero attached hydrogens (tertiary/aromatic N) is 2. The van der Waals surface area contributed by atoms with Crippen LogP contribution < -0.4 is 4.90 Å². The Labute approximate surface area is 117 Å². The van der Waals surface area contributed by atoms with E-state index in [1.54, 1.807) is 18.2 Å². The highest BCUT2D eigenvalue weighted by atomic mass is 16.4. The van der Waals surface area contributed by atoms with Crippen LogP contribution in [0, 0.1) is 11.3 Å². The molecule has 2 aliphatic rings. The van der Waals surface area contributed by atoms with Gasteiger partial charge in [0.05, 0.1) is 11.6 Å². The van der Waals surface area contributed by atoms with Crippen molar-refractivity contribution >= 4 is 11.7 Å². The molecule has 0 bridgehead atoms. The molecule has 20 heavy (non-hydrogen) atoms. The Morgan fingerprint density at radius 3 is 2.95 bits per heavy atom. The standard InChI is InChI=1S/C16H16N2O2/c1-2-16(10-17)5-7-18-6-3-4-11-8-12(15(19)20)9-13(16)14(11)18/h2,8-9H,1,3-7H2,(H,19,20). The summed E-state index contributed by atoms with van der Waals surface area (Å²) in [6, 6.07) is 5.76. The minimum atomic E-state index is -0.942. The number of anilines is 1. The minimum Gasteiger partial charge on any atom is -0.478 e. The molecule has 0 amide bonds. The Balaban J connectivity index is 2.31. The molecule has 0 spiro atoms. The molecule has 1 aromatic carbocycles. The number of hydrogen-bond donors (Lipinski definition) is 1. The first-order valence-electron chi connectivity index (χ1n) is 6.82. The molecule has 0 saturated carbocycles. The van der Waals surface area contributed by atoms with Gasteiger partial charge in [-0.2, -0.15) is 5.26 Å². The van der Waals surface area contributed by atoms with Crippen molar-refractivity contribution in [2.45, 2.75) is 24.7 Å². The average molecular weight is 268 g/mol. The molecule has 3 rings (SSSR count). The average Bonchev–Trinajstić information content (AvgIpc) is 2.48. The second-order valence-electron chi connectivity index (χ2n) is 5.46. The number of allylic oxidation sites excluding steroid dienone is 1. The van der Waals surface area contributed by atoms with Crippen LogP contribution in [0.5, 0.6) is 0 Å². The first kappa shape index (κ1) is 12.7. The number of carbonyl (C=O) groups is 1. The van der Waals surface area contributed by atoms with Crippen molar-refractivity contribution < 1.29 is 9.90 Å². The largest absolute Gasteiger partial charge is 0.478 e. The van der Waals surface area contributed by atoms with Crippen molar-refractivity contribution in [2.24, 2.45) is 0 Å².